The van der Waals surface area contributed by atoms with E-state index in [2.05, 4.69) is 4.99 Å². The molecule has 0 aromatic heterocycles. The Kier molecular flexibility index (Phi) is 5.11. The average Bonchev–Trinajstić information content (AvgIpc) is 2.81. The monoisotopic (exact) mass is 376 g/mol. The summed E-state index contributed by atoms with van der Waals surface area (Å²) in [6.07, 6.45) is 0.340. The third kappa shape index (κ3) is 4.03. The van der Waals surface area contributed by atoms with E-state index >= 15 is 0 Å². The van der Waals surface area contributed by atoms with Gasteiger partial charge in [-0.25, -0.2) is 9.38 Å². The maximum Gasteiger partial charge on any atom is 0.274 e. The quantitative estimate of drug-likeness (QED) is 0.745. The zero-order valence-corrected chi connectivity index (χ0v) is 14.9. The molecular formula is C18H14ClFN2O2S. The van der Waals surface area contributed by atoms with Gasteiger partial charge in [-0.15, -0.1) is 0 Å². The lowest BCUT2D eigenvalue weighted by Gasteiger charge is -2.10. The van der Waals surface area contributed by atoms with Crippen molar-refractivity contribution in [2.75, 3.05) is 7.05 Å². The second-order valence-electron chi connectivity index (χ2n) is 5.57. The minimum Gasteiger partial charge on any atom is -0.487 e. The van der Waals surface area contributed by atoms with Gasteiger partial charge in [0.1, 0.15) is 23.9 Å². The Labute approximate surface area is 154 Å². The summed E-state index contributed by atoms with van der Waals surface area (Å²) in [6.45, 7) is 0.209. The first-order valence-electron chi connectivity index (χ1n) is 7.49. The van der Waals surface area contributed by atoms with Crippen molar-refractivity contribution in [2.45, 2.75) is 13.0 Å². The normalized spacial score (nSPS) is 14.0. The van der Waals surface area contributed by atoms with Gasteiger partial charge in [0.05, 0.1) is 5.02 Å². The number of nitrogens with zero attached hydrogens (tertiary/aromatic N) is 2. The predicted molar refractivity (Wildman–Crippen MR) is 98.7 cm³/mol. The molecule has 128 valence electrons. The molecule has 7 heteroatoms. The van der Waals surface area contributed by atoms with Gasteiger partial charge in [0.2, 0.25) is 5.11 Å². The molecule has 1 heterocycles. The van der Waals surface area contributed by atoms with E-state index in [-0.39, 0.29) is 23.4 Å². The number of hydrogen-bond donors (Lipinski definition) is 0. The molecule has 2 aromatic rings. The molecule has 3 rings (SSSR count). The summed E-state index contributed by atoms with van der Waals surface area (Å²) in [5.41, 5.74) is 1.92. The fourth-order valence-electron chi connectivity index (χ4n) is 2.39. The van der Waals surface area contributed by atoms with Gasteiger partial charge in [-0.3, -0.25) is 9.69 Å². The van der Waals surface area contributed by atoms with E-state index in [1.54, 1.807) is 31.3 Å². The summed E-state index contributed by atoms with van der Waals surface area (Å²) in [5.74, 6) is -0.0259. The Morgan fingerprint density at radius 3 is 2.68 bits per heavy atom. The fourth-order valence-corrected chi connectivity index (χ4v) is 2.84. The number of hydrogen-bond acceptors (Lipinski definition) is 3. The van der Waals surface area contributed by atoms with Gasteiger partial charge in [-0.2, -0.15) is 0 Å². The van der Waals surface area contributed by atoms with Gasteiger partial charge >= 0.3 is 0 Å². The van der Waals surface area contributed by atoms with Crippen LogP contribution >= 0.6 is 23.8 Å². The molecule has 2 aromatic carbocycles. The van der Waals surface area contributed by atoms with E-state index in [0.717, 1.165) is 5.56 Å². The zero-order valence-electron chi connectivity index (χ0n) is 13.3. The van der Waals surface area contributed by atoms with Gasteiger partial charge in [0.25, 0.3) is 5.91 Å². The molecule has 0 atom stereocenters. The van der Waals surface area contributed by atoms with Crippen LogP contribution in [0.2, 0.25) is 5.02 Å². The first-order valence-corrected chi connectivity index (χ1v) is 8.28. The van der Waals surface area contributed by atoms with Crippen LogP contribution < -0.4 is 4.74 Å². The highest BCUT2D eigenvalue weighted by atomic mass is 35.5. The maximum atomic E-state index is 13.2. The van der Waals surface area contributed by atoms with Crippen LogP contribution in [0.3, 0.4) is 0 Å². The summed E-state index contributed by atoms with van der Waals surface area (Å²) in [4.78, 5) is 17.4. The van der Waals surface area contributed by atoms with Crippen LogP contribution in [0.15, 0.2) is 47.5 Å². The number of carbonyl (C=O) groups is 1. The number of rotatable bonds is 5. The highest BCUT2D eigenvalue weighted by Gasteiger charge is 2.26. The number of ether oxygens (including phenoxy) is 1. The molecule has 0 saturated heterocycles. The summed E-state index contributed by atoms with van der Waals surface area (Å²) >= 11 is 11.2. The molecule has 0 spiro atoms. The minimum absolute atomic E-state index is 0.201. The van der Waals surface area contributed by atoms with Crippen molar-refractivity contribution in [2.24, 2.45) is 4.99 Å². The Morgan fingerprint density at radius 2 is 2.04 bits per heavy atom. The predicted octanol–water partition coefficient (Wildman–Crippen LogP) is 3.80. The van der Waals surface area contributed by atoms with E-state index in [9.17, 15) is 9.18 Å². The highest BCUT2D eigenvalue weighted by Crippen LogP contribution is 2.27. The maximum absolute atomic E-state index is 13.2. The van der Waals surface area contributed by atoms with Gasteiger partial charge in [0.15, 0.2) is 0 Å². The number of aliphatic imine (C=N–C) groups is 1. The first-order chi connectivity index (χ1) is 11.9. The standard InChI is InChI=1S/C18H14ClFN2O2S/c1-22-17(23)15(21-18(22)25)9-11-5-6-16(14(19)8-11)24-10-12-3-2-4-13(20)7-12/h2-8H,9-10H2,1H3. The Balaban J connectivity index is 1.68. The molecule has 0 fully saturated rings. The Hall–Kier alpha value is -2.31. The molecule has 0 bridgehead atoms. The van der Waals surface area contributed by atoms with E-state index in [0.29, 0.717) is 28.5 Å². The average molecular weight is 377 g/mol. The van der Waals surface area contributed by atoms with Crippen LogP contribution in [0.25, 0.3) is 0 Å². The van der Waals surface area contributed by atoms with E-state index < -0.39 is 0 Å². The minimum atomic E-state index is -0.313. The molecule has 0 unspecified atom stereocenters. The number of benzene rings is 2. The van der Waals surface area contributed by atoms with Crippen molar-refractivity contribution in [3.63, 3.8) is 0 Å². The zero-order chi connectivity index (χ0) is 18.0. The third-order valence-corrected chi connectivity index (χ3v) is 4.38. The third-order valence-electron chi connectivity index (χ3n) is 3.72. The van der Waals surface area contributed by atoms with Crippen LogP contribution in [0.1, 0.15) is 11.1 Å². The van der Waals surface area contributed by atoms with E-state index in [1.807, 2.05) is 6.07 Å². The van der Waals surface area contributed by atoms with Gasteiger partial charge in [-0.1, -0.05) is 29.8 Å². The molecule has 0 N–H and O–H groups in total. The molecule has 25 heavy (non-hydrogen) atoms. The molecule has 0 aliphatic carbocycles. The molecule has 4 nitrogen and oxygen atoms in total. The second kappa shape index (κ2) is 7.29. The van der Waals surface area contributed by atoms with Gasteiger partial charge < -0.3 is 4.74 Å². The number of amides is 1. The summed E-state index contributed by atoms with van der Waals surface area (Å²) in [6, 6.07) is 11.4. The van der Waals surface area contributed by atoms with Crippen molar-refractivity contribution in [1.82, 2.24) is 4.90 Å². The van der Waals surface area contributed by atoms with Crippen LogP contribution in [0, 0.1) is 5.82 Å². The lowest BCUT2D eigenvalue weighted by molar-refractivity contribution is -0.119. The van der Waals surface area contributed by atoms with Crippen LogP contribution in [0.4, 0.5) is 4.39 Å². The van der Waals surface area contributed by atoms with Gasteiger partial charge in [0, 0.05) is 13.5 Å². The van der Waals surface area contributed by atoms with Crippen molar-refractivity contribution in [3.05, 3.63) is 64.4 Å². The summed E-state index contributed by atoms with van der Waals surface area (Å²) in [5, 5.41) is 0.678. The lowest BCUT2D eigenvalue weighted by Crippen LogP contribution is -2.29. The van der Waals surface area contributed by atoms with E-state index in [1.165, 1.54) is 17.0 Å². The SMILES string of the molecule is CN1C(=O)C(Cc2ccc(OCc3cccc(F)c3)c(Cl)c2)=NC1=S. The van der Waals surface area contributed by atoms with Crippen LogP contribution in [-0.4, -0.2) is 28.7 Å². The fraction of sp³-hybridized carbons (Fsp3) is 0.167. The smallest absolute Gasteiger partial charge is 0.274 e. The van der Waals surface area contributed by atoms with Crippen LogP contribution in [0.5, 0.6) is 5.75 Å². The van der Waals surface area contributed by atoms with Crippen molar-refractivity contribution in [1.29, 1.82) is 0 Å². The second-order valence-corrected chi connectivity index (χ2v) is 6.34. The molecule has 1 amide bonds. The summed E-state index contributed by atoms with van der Waals surface area (Å²) < 4.78 is 18.8. The molecule has 1 aliphatic heterocycles. The molecular weight excluding hydrogens is 363 g/mol. The molecule has 0 radical (unpaired) electrons. The highest BCUT2D eigenvalue weighted by molar-refractivity contribution is 7.80. The first kappa shape index (κ1) is 17.5. The van der Waals surface area contributed by atoms with Gasteiger partial charge in [-0.05, 0) is 47.6 Å². The Morgan fingerprint density at radius 1 is 1.24 bits per heavy atom. The van der Waals surface area contributed by atoms with Crippen molar-refractivity contribution >= 4 is 40.6 Å². The summed E-state index contributed by atoms with van der Waals surface area (Å²) in [7, 11) is 1.59. The Bertz CT molecular complexity index is 885. The molecule has 1 aliphatic rings. The topological polar surface area (TPSA) is 41.9 Å². The van der Waals surface area contributed by atoms with Crippen LogP contribution in [-0.2, 0) is 17.8 Å². The number of carbonyl (C=O) groups excluding carboxylic acids is 1. The largest absolute Gasteiger partial charge is 0.487 e. The van der Waals surface area contributed by atoms with E-state index in [4.69, 9.17) is 28.6 Å². The van der Waals surface area contributed by atoms with Crippen molar-refractivity contribution in [3.8, 4) is 5.75 Å². The lowest BCUT2D eigenvalue weighted by atomic mass is 10.1. The van der Waals surface area contributed by atoms with Crippen molar-refractivity contribution < 1.29 is 13.9 Å². The number of thiocarbonyl (C=S) groups is 1. The number of halogens is 2. The molecule has 0 saturated carbocycles.